The van der Waals surface area contributed by atoms with Crippen LogP contribution in [0.1, 0.15) is 33.4 Å². The van der Waals surface area contributed by atoms with E-state index in [1.807, 2.05) is 0 Å². The predicted molar refractivity (Wildman–Crippen MR) is 96.4 cm³/mol. The van der Waals surface area contributed by atoms with Gasteiger partial charge in [-0.2, -0.15) is 0 Å². The van der Waals surface area contributed by atoms with Crippen LogP contribution in [0, 0.1) is 10.1 Å². The number of carbonyl (C=O) groups excluding carboxylic acids is 2. The highest BCUT2D eigenvalue weighted by Crippen LogP contribution is 2.23. The van der Waals surface area contributed by atoms with Crippen LogP contribution in [0.4, 0.5) is 5.69 Å². The van der Waals surface area contributed by atoms with Crippen LogP contribution in [0.25, 0.3) is 11.3 Å². The summed E-state index contributed by atoms with van der Waals surface area (Å²) in [6.07, 6.45) is 0. The Hall–Kier alpha value is -3.74. The van der Waals surface area contributed by atoms with Crippen LogP contribution >= 0.6 is 0 Å². The van der Waals surface area contributed by atoms with Crippen LogP contribution in [-0.2, 0) is 11.3 Å². The lowest BCUT2D eigenvalue weighted by atomic mass is 10.1. The van der Waals surface area contributed by atoms with E-state index in [0.29, 0.717) is 16.9 Å². The lowest BCUT2D eigenvalue weighted by Crippen LogP contribution is -2.04. The molecule has 27 heavy (non-hydrogen) atoms. The van der Waals surface area contributed by atoms with E-state index < -0.39 is 10.9 Å². The molecule has 2 aromatic carbocycles. The average Bonchev–Trinajstić information content (AvgIpc) is 3.17. The van der Waals surface area contributed by atoms with Gasteiger partial charge in [-0.25, -0.2) is 4.79 Å². The highest BCUT2D eigenvalue weighted by atomic mass is 16.6. The Morgan fingerprint density at radius 2 is 1.67 bits per heavy atom. The molecule has 7 nitrogen and oxygen atoms in total. The topological polar surface area (TPSA) is 99.7 Å². The summed E-state index contributed by atoms with van der Waals surface area (Å²) in [4.78, 5) is 33.6. The fourth-order valence-corrected chi connectivity index (χ4v) is 2.41. The van der Waals surface area contributed by atoms with E-state index in [1.54, 1.807) is 30.3 Å². The summed E-state index contributed by atoms with van der Waals surface area (Å²) in [6.45, 7) is 1.46. The minimum Gasteiger partial charge on any atom is -0.455 e. The molecule has 0 bridgehead atoms. The molecule has 1 aromatic heterocycles. The Labute approximate surface area is 154 Å². The number of nitrogens with zero attached hydrogens (tertiary/aromatic N) is 1. The first-order valence-electron chi connectivity index (χ1n) is 8.06. The highest BCUT2D eigenvalue weighted by Gasteiger charge is 2.14. The van der Waals surface area contributed by atoms with Gasteiger partial charge in [0.1, 0.15) is 12.4 Å². The minimum atomic E-state index is -0.639. The van der Waals surface area contributed by atoms with Crippen molar-refractivity contribution in [1.82, 2.24) is 0 Å². The molecule has 3 rings (SSSR count). The van der Waals surface area contributed by atoms with Crippen LogP contribution in [-0.4, -0.2) is 16.7 Å². The summed E-state index contributed by atoms with van der Waals surface area (Å²) >= 11 is 0. The zero-order chi connectivity index (χ0) is 19.4. The molecule has 1 heterocycles. The van der Waals surface area contributed by atoms with Gasteiger partial charge >= 0.3 is 5.97 Å². The summed E-state index contributed by atoms with van der Waals surface area (Å²) in [5, 5.41) is 10.6. The first kappa shape index (κ1) is 18.1. The third-order valence-corrected chi connectivity index (χ3v) is 3.90. The quantitative estimate of drug-likeness (QED) is 0.277. The fourth-order valence-electron chi connectivity index (χ4n) is 2.41. The SMILES string of the molecule is CC(=O)c1ccc(-c2ccc(C(=O)OCc3ccc([N+](=O)[O-])cc3)o2)cc1. The molecule has 0 N–H and O–H groups in total. The van der Waals surface area contributed by atoms with Gasteiger partial charge in [-0.15, -0.1) is 0 Å². The van der Waals surface area contributed by atoms with Crippen molar-refractivity contribution in [2.45, 2.75) is 13.5 Å². The summed E-state index contributed by atoms with van der Waals surface area (Å²) < 4.78 is 10.7. The number of non-ortho nitro benzene ring substituents is 1. The van der Waals surface area contributed by atoms with E-state index in [2.05, 4.69) is 0 Å². The number of benzene rings is 2. The Bertz CT molecular complexity index is 986. The Balaban J connectivity index is 1.64. The summed E-state index contributed by atoms with van der Waals surface area (Å²) in [7, 11) is 0. The van der Waals surface area contributed by atoms with E-state index in [-0.39, 0.29) is 23.8 Å². The average molecular weight is 365 g/mol. The number of ether oxygens (including phenoxy) is 1. The highest BCUT2D eigenvalue weighted by molar-refractivity contribution is 5.94. The Morgan fingerprint density at radius 3 is 2.26 bits per heavy atom. The van der Waals surface area contributed by atoms with Crippen LogP contribution in [0.3, 0.4) is 0 Å². The molecular formula is C20H15NO6. The zero-order valence-electron chi connectivity index (χ0n) is 14.4. The molecule has 0 aliphatic heterocycles. The molecule has 0 saturated carbocycles. The molecule has 0 fully saturated rings. The van der Waals surface area contributed by atoms with Gasteiger partial charge in [0.15, 0.2) is 5.78 Å². The molecule has 0 amide bonds. The van der Waals surface area contributed by atoms with Gasteiger partial charge in [0.05, 0.1) is 4.92 Å². The van der Waals surface area contributed by atoms with Gasteiger partial charge in [-0.3, -0.25) is 14.9 Å². The van der Waals surface area contributed by atoms with Crippen LogP contribution in [0.2, 0.25) is 0 Å². The van der Waals surface area contributed by atoms with Gasteiger partial charge in [0.2, 0.25) is 5.76 Å². The van der Waals surface area contributed by atoms with Crippen molar-refractivity contribution >= 4 is 17.4 Å². The monoisotopic (exact) mass is 365 g/mol. The van der Waals surface area contributed by atoms with Crippen molar-refractivity contribution in [3.63, 3.8) is 0 Å². The number of nitro benzene ring substituents is 1. The number of furan rings is 1. The minimum absolute atomic E-state index is 0.0276. The molecule has 0 atom stereocenters. The normalized spacial score (nSPS) is 10.4. The molecule has 3 aromatic rings. The third-order valence-electron chi connectivity index (χ3n) is 3.90. The summed E-state index contributed by atoms with van der Waals surface area (Å²) in [6, 6.07) is 15.7. The molecule has 0 aliphatic rings. The molecule has 0 saturated heterocycles. The second kappa shape index (κ2) is 7.65. The van der Waals surface area contributed by atoms with Crippen molar-refractivity contribution in [2.75, 3.05) is 0 Å². The number of Topliss-reactive ketones (excluding diaryl/α,β-unsaturated/α-hetero) is 1. The van der Waals surface area contributed by atoms with Gasteiger partial charge < -0.3 is 9.15 Å². The first-order chi connectivity index (χ1) is 12.9. The van der Waals surface area contributed by atoms with E-state index in [1.165, 1.54) is 37.3 Å². The Morgan fingerprint density at radius 1 is 1.00 bits per heavy atom. The number of esters is 1. The van der Waals surface area contributed by atoms with E-state index in [4.69, 9.17) is 9.15 Å². The molecule has 0 unspecified atom stereocenters. The van der Waals surface area contributed by atoms with Gasteiger partial charge in [0.25, 0.3) is 5.69 Å². The lowest BCUT2D eigenvalue weighted by Gasteiger charge is -2.03. The number of rotatable bonds is 6. The number of hydrogen-bond acceptors (Lipinski definition) is 6. The molecule has 7 heteroatoms. The number of nitro groups is 1. The second-order valence-corrected chi connectivity index (χ2v) is 5.80. The molecular weight excluding hydrogens is 350 g/mol. The van der Waals surface area contributed by atoms with Crippen molar-refractivity contribution < 1.29 is 23.7 Å². The smallest absolute Gasteiger partial charge is 0.374 e. The largest absolute Gasteiger partial charge is 0.455 e. The fraction of sp³-hybridized carbons (Fsp3) is 0.100. The maximum Gasteiger partial charge on any atom is 0.374 e. The molecule has 0 spiro atoms. The molecule has 0 aliphatic carbocycles. The van der Waals surface area contributed by atoms with Crippen LogP contribution in [0.5, 0.6) is 0 Å². The summed E-state index contributed by atoms with van der Waals surface area (Å²) in [5.41, 5.74) is 1.92. The number of hydrogen-bond donors (Lipinski definition) is 0. The predicted octanol–water partition coefficient (Wildman–Crippen LogP) is 4.41. The van der Waals surface area contributed by atoms with Crippen molar-refractivity contribution in [2.24, 2.45) is 0 Å². The molecule has 0 radical (unpaired) electrons. The summed E-state index contributed by atoms with van der Waals surface area (Å²) in [5.74, 6) is -0.147. The first-order valence-corrected chi connectivity index (χ1v) is 8.06. The maximum absolute atomic E-state index is 12.1. The third kappa shape index (κ3) is 4.27. The van der Waals surface area contributed by atoms with Crippen molar-refractivity contribution in [3.8, 4) is 11.3 Å². The maximum atomic E-state index is 12.1. The van der Waals surface area contributed by atoms with E-state index in [9.17, 15) is 19.7 Å². The zero-order valence-corrected chi connectivity index (χ0v) is 14.4. The Kier molecular flexibility index (Phi) is 5.12. The van der Waals surface area contributed by atoms with E-state index in [0.717, 1.165) is 5.56 Å². The molecule has 136 valence electrons. The van der Waals surface area contributed by atoms with E-state index >= 15 is 0 Å². The van der Waals surface area contributed by atoms with Gasteiger partial charge in [-0.05, 0) is 36.8 Å². The van der Waals surface area contributed by atoms with Crippen molar-refractivity contribution in [3.05, 3.63) is 87.7 Å². The number of ketones is 1. The van der Waals surface area contributed by atoms with Crippen LogP contribution in [0.15, 0.2) is 65.1 Å². The van der Waals surface area contributed by atoms with Crippen LogP contribution < -0.4 is 0 Å². The second-order valence-electron chi connectivity index (χ2n) is 5.80. The lowest BCUT2D eigenvalue weighted by molar-refractivity contribution is -0.384. The standard InChI is InChI=1S/C20H15NO6/c1-13(22)15-4-6-16(7-5-15)18-10-11-19(27-18)20(23)26-12-14-2-8-17(9-3-14)21(24)25/h2-11H,12H2,1H3. The van der Waals surface area contributed by atoms with Gasteiger partial charge in [-0.1, -0.05) is 24.3 Å². The van der Waals surface area contributed by atoms with Crippen molar-refractivity contribution in [1.29, 1.82) is 0 Å². The number of carbonyl (C=O) groups is 2. The van der Waals surface area contributed by atoms with Gasteiger partial charge in [0, 0.05) is 23.3 Å².